The Morgan fingerprint density at radius 2 is 1.82 bits per heavy atom. The van der Waals surface area contributed by atoms with Crippen molar-refractivity contribution in [2.75, 3.05) is 6.61 Å². The van der Waals surface area contributed by atoms with Crippen molar-refractivity contribution in [2.45, 2.75) is 33.1 Å². The molecule has 0 aliphatic rings. The molecule has 0 atom stereocenters. The second-order valence-corrected chi connectivity index (χ2v) is 4.21. The molecule has 0 aliphatic carbocycles. The maximum Gasteiger partial charge on any atom is 0.341 e. The largest absolute Gasteiger partial charge is 0.482 e. The molecule has 1 aromatic carbocycles. The van der Waals surface area contributed by atoms with Crippen LogP contribution in [0.1, 0.15) is 32.3 Å². The minimum atomic E-state index is -0.953. The Morgan fingerprint density at radius 1 is 1.24 bits per heavy atom. The second kappa shape index (κ2) is 6.94. The van der Waals surface area contributed by atoms with Crippen molar-refractivity contribution in [3.05, 3.63) is 29.8 Å². The Morgan fingerprint density at radius 3 is 2.29 bits per heavy atom. The van der Waals surface area contributed by atoms with Gasteiger partial charge < -0.3 is 9.84 Å². The molecule has 0 amide bonds. The number of hydrogen-bond donors (Lipinski definition) is 1. The zero-order chi connectivity index (χ0) is 12.7. The van der Waals surface area contributed by atoms with Gasteiger partial charge in [0.15, 0.2) is 6.61 Å². The van der Waals surface area contributed by atoms with Crippen molar-refractivity contribution in [3.63, 3.8) is 0 Å². The Bertz CT molecular complexity index is 339. The second-order valence-electron chi connectivity index (χ2n) is 4.21. The minimum Gasteiger partial charge on any atom is -0.482 e. The van der Waals surface area contributed by atoms with Crippen LogP contribution in [0.15, 0.2) is 24.3 Å². The van der Waals surface area contributed by atoms with Crippen molar-refractivity contribution in [1.82, 2.24) is 0 Å². The third-order valence-electron chi connectivity index (χ3n) is 2.96. The summed E-state index contributed by atoms with van der Waals surface area (Å²) in [4.78, 5) is 10.3. The molecule has 0 aliphatic heterocycles. The van der Waals surface area contributed by atoms with Crippen molar-refractivity contribution in [3.8, 4) is 5.75 Å². The molecule has 0 fully saturated rings. The van der Waals surface area contributed by atoms with Crippen LogP contribution in [0.4, 0.5) is 0 Å². The van der Waals surface area contributed by atoms with Crippen LogP contribution in [0.25, 0.3) is 0 Å². The van der Waals surface area contributed by atoms with E-state index in [4.69, 9.17) is 9.84 Å². The van der Waals surface area contributed by atoms with Gasteiger partial charge in [-0.15, -0.1) is 0 Å². The number of carboxylic acid groups (broad SMARTS) is 1. The average Bonchev–Trinajstić information content (AvgIpc) is 2.34. The molecule has 0 bridgehead atoms. The Labute approximate surface area is 102 Å². The van der Waals surface area contributed by atoms with Crippen LogP contribution >= 0.6 is 0 Å². The van der Waals surface area contributed by atoms with E-state index in [-0.39, 0.29) is 6.61 Å². The minimum absolute atomic E-state index is 0.286. The van der Waals surface area contributed by atoms with Gasteiger partial charge in [0.25, 0.3) is 0 Å². The fourth-order valence-corrected chi connectivity index (χ4v) is 1.78. The molecule has 0 radical (unpaired) electrons. The molecule has 0 aromatic heterocycles. The number of rotatable bonds is 7. The molecule has 1 aromatic rings. The first-order valence-electron chi connectivity index (χ1n) is 6.09. The quantitative estimate of drug-likeness (QED) is 0.791. The monoisotopic (exact) mass is 236 g/mol. The van der Waals surface area contributed by atoms with Crippen molar-refractivity contribution in [2.24, 2.45) is 5.92 Å². The van der Waals surface area contributed by atoms with Gasteiger partial charge >= 0.3 is 5.97 Å². The van der Waals surface area contributed by atoms with E-state index >= 15 is 0 Å². The number of carboxylic acids is 1. The molecular weight excluding hydrogens is 216 g/mol. The van der Waals surface area contributed by atoms with Gasteiger partial charge in [0.2, 0.25) is 0 Å². The number of aliphatic carboxylic acids is 1. The molecule has 0 saturated heterocycles. The fourth-order valence-electron chi connectivity index (χ4n) is 1.78. The third-order valence-corrected chi connectivity index (χ3v) is 2.96. The lowest BCUT2D eigenvalue weighted by Gasteiger charge is -2.12. The number of carbonyl (C=O) groups is 1. The van der Waals surface area contributed by atoms with E-state index in [2.05, 4.69) is 13.8 Å². The third kappa shape index (κ3) is 4.89. The molecule has 94 valence electrons. The Balaban J connectivity index is 2.52. The first kappa shape index (κ1) is 13.6. The normalized spacial score (nSPS) is 10.5. The molecule has 3 heteroatoms. The molecule has 1 N–H and O–H groups in total. The predicted molar refractivity (Wildman–Crippen MR) is 67.3 cm³/mol. The highest BCUT2D eigenvalue weighted by molar-refractivity contribution is 5.68. The summed E-state index contributed by atoms with van der Waals surface area (Å²) in [7, 11) is 0. The van der Waals surface area contributed by atoms with E-state index in [0.29, 0.717) is 5.75 Å². The number of ether oxygens (including phenoxy) is 1. The maximum absolute atomic E-state index is 10.3. The molecule has 1 rings (SSSR count). The average molecular weight is 236 g/mol. The summed E-state index contributed by atoms with van der Waals surface area (Å²) in [5, 5.41) is 8.49. The smallest absolute Gasteiger partial charge is 0.341 e. The van der Waals surface area contributed by atoms with Gasteiger partial charge in [0.05, 0.1) is 0 Å². The SMILES string of the molecule is CCC(CC)Cc1ccc(OCC(=O)O)cc1. The van der Waals surface area contributed by atoms with Crippen LogP contribution in [0.2, 0.25) is 0 Å². The molecule has 0 heterocycles. The summed E-state index contributed by atoms with van der Waals surface area (Å²) in [6, 6.07) is 7.69. The summed E-state index contributed by atoms with van der Waals surface area (Å²) in [5.74, 6) is 0.382. The van der Waals surface area contributed by atoms with Crippen LogP contribution in [0.3, 0.4) is 0 Å². The van der Waals surface area contributed by atoms with E-state index in [1.807, 2.05) is 24.3 Å². The van der Waals surface area contributed by atoms with Crippen LogP contribution in [-0.2, 0) is 11.2 Å². The predicted octanol–water partition coefficient (Wildman–Crippen LogP) is 3.13. The Hall–Kier alpha value is -1.51. The number of benzene rings is 1. The van der Waals surface area contributed by atoms with Crippen molar-refractivity contribution in [1.29, 1.82) is 0 Å². The van der Waals surface area contributed by atoms with E-state index in [0.717, 1.165) is 12.3 Å². The summed E-state index contributed by atoms with van der Waals surface area (Å²) < 4.78 is 5.08. The van der Waals surface area contributed by atoms with E-state index in [1.165, 1.54) is 18.4 Å². The summed E-state index contributed by atoms with van der Waals surface area (Å²) in [5.41, 5.74) is 1.28. The first-order chi connectivity index (χ1) is 8.15. The highest BCUT2D eigenvalue weighted by atomic mass is 16.5. The fraction of sp³-hybridized carbons (Fsp3) is 0.500. The molecular formula is C14H20O3. The van der Waals surface area contributed by atoms with Crippen LogP contribution in [-0.4, -0.2) is 17.7 Å². The summed E-state index contributed by atoms with van der Waals surface area (Å²) in [6.45, 7) is 4.13. The maximum atomic E-state index is 10.3. The van der Waals surface area contributed by atoms with Gasteiger partial charge in [0, 0.05) is 0 Å². The van der Waals surface area contributed by atoms with Crippen molar-refractivity contribution < 1.29 is 14.6 Å². The lowest BCUT2D eigenvalue weighted by Crippen LogP contribution is -2.09. The van der Waals surface area contributed by atoms with Crippen LogP contribution in [0.5, 0.6) is 5.75 Å². The summed E-state index contributed by atoms with van der Waals surface area (Å²) >= 11 is 0. The Kier molecular flexibility index (Phi) is 5.53. The molecule has 17 heavy (non-hydrogen) atoms. The zero-order valence-electron chi connectivity index (χ0n) is 10.5. The first-order valence-corrected chi connectivity index (χ1v) is 6.09. The van der Waals surface area contributed by atoms with Crippen LogP contribution in [0, 0.1) is 5.92 Å². The highest BCUT2D eigenvalue weighted by Crippen LogP contribution is 2.18. The van der Waals surface area contributed by atoms with Gasteiger partial charge in [-0.3, -0.25) is 0 Å². The molecule has 0 unspecified atom stereocenters. The number of hydrogen-bond acceptors (Lipinski definition) is 2. The topological polar surface area (TPSA) is 46.5 Å². The van der Waals surface area contributed by atoms with E-state index in [1.54, 1.807) is 0 Å². The standard InChI is InChI=1S/C14H20O3/c1-3-11(4-2)9-12-5-7-13(8-6-12)17-10-14(15)16/h5-8,11H,3-4,9-10H2,1-2H3,(H,15,16). The zero-order valence-corrected chi connectivity index (χ0v) is 10.5. The van der Waals surface area contributed by atoms with E-state index in [9.17, 15) is 4.79 Å². The lowest BCUT2D eigenvalue weighted by molar-refractivity contribution is -0.139. The highest BCUT2D eigenvalue weighted by Gasteiger charge is 2.05. The van der Waals surface area contributed by atoms with Gasteiger partial charge in [-0.25, -0.2) is 4.79 Å². The molecule has 0 spiro atoms. The van der Waals surface area contributed by atoms with Crippen molar-refractivity contribution >= 4 is 5.97 Å². The van der Waals surface area contributed by atoms with Gasteiger partial charge in [0.1, 0.15) is 5.75 Å². The van der Waals surface area contributed by atoms with Gasteiger partial charge in [-0.2, -0.15) is 0 Å². The van der Waals surface area contributed by atoms with Gasteiger partial charge in [-0.05, 0) is 30.0 Å². The summed E-state index contributed by atoms with van der Waals surface area (Å²) in [6.07, 6.45) is 3.45. The van der Waals surface area contributed by atoms with Crippen LogP contribution < -0.4 is 4.74 Å². The lowest BCUT2D eigenvalue weighted by atomic mass is 9.95. The molecule has 0 saturated carbocycles. The molecule has 3 nitrogen and oxygen atoms in total. The van der Waals surface area contributed by atoms with Gasteiger partial charge in [-0.1, -0.05) is 38.8 Å². The van der Waals surface area contributed by atoms with E-state index < -0.39 is 5.97 Å².